The summed E-state index contributed by atoms with van der Waals surface area (Å²) >= 11 is 12.3. The molecule has 3 atom stereocenters. The highest BCUT2D eigenvalue weighted by molar-refractivity contribution is 6.48. The molecule has 1 nitrogen and oxygen atoms in total. The van der Waals surface area contributed by atoms with Crippen molar-refractivity contribution in [1.82, 2.24) is 0 Å². The van der Waals surface area contributed by atoms with Crippen molar-refractivity contribution in [2.45, 2.75) is 130 Å². The Morgan fingerprint density at radius 3 is 1.82 bits per heavy atom. The van der Waals surface area contributed by atoms with E-state index in [1.807, 2.05) is 13.8 Å². The highest BCUT2D eigenvalue weighted by Crippen LogP contribution is 2.44. The second-order valence-electron chi connectivity index (χ2n) is 9.53. The van der Waals surface area contributed by atoms with Gasteiger partial charge in [0.1, 0.15) is 10.1 Å². The summed E-state index contributed by atoms with van der Waals surface area (Å²) in [5.74, 6) is 2.30. The Morgan fingerprint density at radius 1 is 0.857 bits per heavy atom. The number of hydrogen-bond acceptors (Lipinski definition) is 1. The molecule has 0 N–H and O–H groups in total. The molecule has 0 heterocycles. The normalized spacial score (nSPS) is 16.8. The molecule has 0 aliphatic carbocycles. The number of halogens is 2. The van der Waals surface area contributed by atoms with Crippen molar-refractivity contribution in [2.24, 2.45) is 23.2 Å². The molecular weight excluding hydrogens is 387 g/mol. The van der Waals surface area contributed by atoms with Gasteiger partial charge in [-0.2, -0.15) is 0 Å². The molecule has 168 valence electrons. The van der Waals surface area contributed by atoms with Crippen LogP contribution in [0.4, 0.5) is 0 Å². The Kier molecular flexibility index (Phi) is 14.4. The maximum atomic E-state index is 12.9. The molecule has 0 aromatic heterocycles. The van der Waals surface area contributed by atoms with E-state index in [0.29, 0.717) is 17.6 Å². The minimum atomic E-state index is -0.634. The molecule has 3 unspecified atom stereocenters. The Bertz CT molecular complexity index is 411. The molecule has 0 amide bonds. The predicted octanol–water partition coefficient (Wildman–Crippen LogP) is 9.38. The standard InChI is InChI=1S/C25H48Cl2O/c1-8-12-15-23(16-13-14-17-25(7,26)27)24(6,20(5)28)19-22(11-4)18-21(9-2)10-3/h21-23H,8-19H2,1-7H3. The molecule has 0 rings (SSSR count). The Morgan fingerprint density at radius 2 is 1.39 bits per heavy atom. The van der Waals surface area contributed by atoms with Crippen molar-refractivity contribution < 1.29 is 4.79 Å². The molecule has 0 spiro atoms. The fourth-order valence-electron chi connectivity index (χ4n) is 4.74. The van der Waals surface area contributed by atoms with Crippen LogP contribution in [0, 0.1) is 23.2 Å². The van der Waals surface area contributed by atoms with Gasteiger partial charge in [-0.15, -0.1) is 23.2 Å². The average Bonchev–Trinajstić information content (AvgIpc) is 2.63. The summed E-state index contributed by atoms with van der Waals surface area (Å²) in [6.45, 7) is 15.1. The van der Waals surface area contributed by atoms with Gasteiger partial charge in [-0.1, -0.05) is 79.6 Å². The summed E-state index contributed by atoms with van der Waals surface area (Å²) in [5, 5.41) is 0. The van der Waals surface area contributed by atoms with Crippen molar-refractivity contribution in [3.8, 4) is 0 Å². The molecule has 0 aliphatic heterocycles. The summed E-state index contributed by atoms with van der Waals surface area (Å²) < 4.78 is -0.634. The quantitative estimate of drug-likeness (QED) is 0.164. The molecule has 0 aliphatic rings. The average molecular weight is 436 g/mol. The molecule has 0 saturated carbocycles. The SMILES string of the molecule is CCCCC(CCCCC(C)(Cl)Cl)C(C)(CC(CC)CC(CC)CC)C(C)=O. The van der Waals surface area contributed by atoms with Gasteiger partial charge in [0.2, 0.25) is 0 Å². The predicted molar refractivity (Wildman–Crippen MR) is 127 cm³/mol. The number of rotatable bonds is 17. The van der Waals surface area contributed by atoms with Gasteiger partial charge in [-0.25, -0.2) is 0 Å². The van der Waals surface area contributed by atoms with E-state index in [4.69, 9.17) is 23.2 Å². The first-order valence-electron chi connectivity index (χ1n) is 11.9. The summed E-state index contributed by atoms with van der Waals surface area (Å²) in [5.41, 5.74) is -0.201. The number of carbonyl (C=O) groups is 1. The van der Waals surface area contributed by atoms with Crippen LogP contribution in [0.5, 0.6) is 0 Å². The number of hydrogen-bond donors (Lipinski definition) is 0. The van der Waals surface area contributed by atoms with Crippen LogP contribution in [0.25, 0.3) is 0 Å². The summed E-state index contributed by atoms with van der Waals surface area (Å²) in [4.78, 5) is 12.9. The third kappa shape index (κ3) is 10.9. The molecule has 0 bridgehead atoms. The van der Waals surface area contributed by atoms with Gasteiger partial charge >= 0.3 is 0 Å². The second-order valence-corrected chi connectivity index (χ2v) is 11.4. The lowest BCUT2D eigenvalue weighted by Gasteiger charge is -2.39. The maximum Gasteiger partial charge on any atom is 0.135 e. The second kappa shape index (κ2) is 14.3. The smallest absolute Gasteiger partial charge is 0.135 e. The highest BCUT2D eigenvalue weighted by atomic mass is 35.5. The summed E-state index contributed by atoms with van der Waals surface area (Å²) in [6.07, 6.45) is 13.6. The lowest BCUT2D eigenvalue weighted by molar-refractivity contribution is -0.130. The zero-order valence-corrected chi connectivity index (χ0v) is 21.4. The van der Waals surface area contributed by atoms with Crippen LogP contribution >= 0.6 is 23.2 Å². The van der Waals surface area contributed by atoms with Crippen molar-refractivity contribution in [3.05, 3.63) is 0 Å². The number of unbranched alkanes of at least 4 members (excludes halogenated alkanes) is 2. The van der Waals surface area contributed by atoms with E-state index in [1.165, 1.54) is 38.5 Å². The minimum Gasteiger partial charge on any atom is -0.299 e. The maximum absolute atomic E-state index is 12.9. The largest absolute Gasteiger partial charge is 0.299 e. The van der Waals surface area contributed by atoms with Gasteiger partial charge in [0.15, 0.2) is 0 Å². The van der Waals surface area contributed by atoms with E-state index >= 15 is 0 Å². The summed E-state index contributed by atoms with van der Waals surface area (Å²) in [6, 6.07) is 0. The van der Waals surface area contributed by atoms with E-state index in [0.717, 1.165) is 44.4 Å². The molecule has 0 saturated heterocycles. The van der Waals surface area contributed by atoms with Crippen molar-refractivity contribution >= 4 is 29.0 Å². The number of ketones is 1. The Hall–Kier alpha value is 0.250. The van der Waals surface area contributed by atoms with Crippen LogP contribution in [0.3, 0.4) is 0 Å². The van der Waals surface area contributed by atoms with Gasteiger partial charge in [-0.05, 0) is 63.7 Å². The van der Waals surface area contributed by atoms with E-state index in [1.54, 1.807) is 0 Å². The van der Waals surface area contributed by atoms with Gasteiger partial charge in [-0.3, -0.25) is 4.79 Å². The molecule has 0 radical (unpaired) electrons. The fourth-order valence-corrected chi connectivity index (χ4v) is 5.01. The monoisotopic (exact) mass is 434 g/mol. The van der Waals surface area contributed by atoms with Gasteiger partial charge in [0.05, 0.1) is 0 Å². The van der Waals surface area contributed by atoms with Crippen LogP contribution in [0.1, 0.15) is 126 Å². The van der Waals surface area contributed by atoms with Gasteiger partial charge < -0.3 is 0 Å². The number of carbonyl (C=O) groups excluding carboxylic acids is 1. The van der Waals surface area contributed by atoms with Crippen molar-refractivity contribution in [2.75, 3.05) is 0 Å². The fraction of sp³-hybridized carbons (Fsp3) is 0.960. The third-order valence-electron chi connectivity index (χ3n) is 7.14. The van der Waals surface area contributed by atoms with Crippen LogP contribution < -0.4 is 0 Å². The lowest BCUT2D eigenvalue weighted by atomic mass is 9.64. The first kappa shape index (κ1) is 28.2. The molecule has 0 aromatic carbocycles. The van der Waals surface area contributed by atoms with Crippen LogP contribution in [-0.4, -0.2) is 10.1 Å². The highest BCUT2D eigenvalue weighted by Gasteiger charge is 2.39. The molecule has 3 heteroatoms. The van der Waals surface area contributed by atoms with Gasteiger partial charge in [0, 0.05) is 5.41 Å². The number of alkyl halides is 2. The summed E-state index contributed by atoms with van der Waals surface area (Å²) in [7, 11) is 0. The van der Waals surface area contributed by atoms with Crippen LogP contribution in [0.15, 0.2) is 0 Å². The zero-order valence-electron chi connectivity index (χ0n) is 19.9. The van der Waals surface area contributed by atoms with Crippen LogP contribution in [0.2, 0.25) is 0 Å². The zero-order chi connectivity index (χ0) is 21.8. The lowest BCUT2D eigenvalue weighted by Crippen LogP contribution is -2.37. The van der Waals surface area contributed by atoms with E-state index in [2.05, 4.69) is 34.6 Å². The van der Waals surface area contributed by atoms with Crippen LogP contribution in [-0.2, 0) is 4.79 Å². The first-order valence-corrected chi connectivity index (χ1v) is 12.7. The minimum absolute atomic E-state index is 0.201. The van der Waals surface area contributed by atoms with E-state index < -0.39 is 4.33 Å². The third-order valence-corrected chi connectivity index (χ3v) is 7.52. The number of Topliss-reactive ketones (excluding diaryl/α,β-unsaturated/α-hetero) is 1. The molecule has 0 fully saturated rings. The van der Waals surface area contributed by atoms with E-state index in [-0.39, 0.29) is 5.41 Å². The Labute approximate surface area is 186 Å². The molecular formula is C25H48Cl2O. The van der Waals surface area contributed by atoms with Gasteiger partial charge in [0.25, 0.3) is 0 Å². The van der Waals surface area contributed by atoms with E-state index in [9.17, 15) is 4.79 Å². The topological polar surface area (TPSA) is 17.1 Å². The molecule has 28 heavy (non-hydrogen) atoms. The Balaban J connectivity index is 5.24. The molecule has 0 aromatic rings. The first-order chi connectivity index (χ1) is 13.0. The van der Waals surface area contributed by atoms with Crippen molar-refractivity contribution in [1.29, 1.82) is 0 Å². The van der Waals surface area contributed by atoms with Crippen molar-refractivity contribution in [3.63, 3.8) is 0 Å².